The average molecular weight is 319 g/mol. The third-order valence-corrected chi connectivity index (χ3v) is 4.24. The van der Waals surface area contributed by atoms with Gasteiger partial charge < -0.3 is 5.32 Å². The zero-order valence-electron chi connectivity index (χ0n) is 14.5. The first-order valence-electron chi connectivity index (χ1n) is 9.00. The Labute approximate surface area is 147 Å². The molecule has 0 heterocycles. The standard InChI is InChI=1S/C23H29N/c1-2-3-13-22(20-24-23-18-11-6-12-19-23)17-10-5-9-16-21-14-7-4-8-15-21/h2,4,6-9,11-12,14-16,18-19,22,24H,1,3,5,10,13,17,20H2/b16-9+. The van der Waals surface area contributed by atoms with E-state index in [1.807, 2.05) is 6.08 Å². The van der Waals surface area contributed by atoms with E-state index in [0.717, 1.165) is 19.4 Å². The summed E-state index contributed by atoms with van der Waals surface area (Å²) in [6.07, 6.45) is 12.5. The predicted molar refractivity (Wildman–Crippen MR) is 107 cm³/mol. The Balaban J connectivity index is 1.72. The molecule has 0 aliphatic carbocycles. The largest absolute Gasteiger partial charge is 0.385 e. The fraction of sp³-hybridized carbons (Fsp3) is 0.304. The van der Waals surface area contributed by atoms with Crippen LogP contribution in [0, 0.1) is 5.92 Å². The molecule has 1 N–H and O–H groups in total. The van der Waals surface area contributed by atoms with Crippen molar-refractivity contribution in [3.63, 3.8) is 0 Å². The van der Waals surface area contributed by atoms with E-state index in [1.54, 1.807) is 0 Å². The van der Waals surface area contributed by atoms with Crippen LogP contribution in [0.25, 0.3) is 6.08 Å². The Morgan fingerprint density at radius 3 is 2.29 bits per heavy atom. The number of allylic oxidation sites excluding steroid dienone is 2. The molecule has 1 nitrogen and oxygen atoms in total. The molecule has 2 aromatic rings. The maximum Gasteiger partial charge on any atom is 0.0340 e. The minimum Gasteiger partial charge on any atom is -0.385 e. The number of para-hydroxylation sites is 1. The highest BCUT2D eigenvalue weighted by Gasteiger charge is 2.07. The maximum atomic E-state index is 3.86. The van der Waals surface area contributed by atoms with Gasteiger partial charge in [0.05, 0.1) is 0 Å². The van der Waals surface area contributed by atoms with Gasteiger partial charge in [-0.15, -0.1) is 6.58 Å². The molecule has 0 bridgehead atoms. The van der Waals surface area contributed by atoms with E-state index in [2.05, 4.69) is 84.7 Å². The zero-order valence-corrected chi connectivity index (χ0v) is 14.5. The summed E-state index contributed by atoms with van der Waals surface area (Å²) in [5.41, 5.74) is 2.50. The van der Waals surface area contributed by atoms with Crippen molar-refractivity contribution in [2.24, 2.45) is 5.92 Å². The second-order valence-corrected chi connectivity index (χ2v) is 6.22. The van der Waals surface area contributed by atoms with E-state index in [0.29, 0.717) is 5.92 Å². The summed E-state index contributed by atoms with van der Waals surface area (Å²) < 4.78 is 0. The molecular weight excluding hydrogens is 290 g/mol. The molecule has 0 radical (unpaired) electrons. The van der Waals surface area contributed by atoms with Crippen LogP contribution in [0.15, 0.2) is 79.4 Å². The normalized spacial score (nSPS) is 12.2. The summed E-state index contributed by atoms with van der Waals surface area (Å²) in [5.74, 6) is 0.702. The summed E-state index contributed by atoms with van der Waals surface area (Å²) in [4.78, 5) is 0. The van der Waals surface area contributed by atoms with Gasteiger partial charge in [-0.25, -0.2) is 0 Å². The first kappa shape index (κ1) is 18.1. The van der Waals surface area contributed by atoms with Gasteiger partial charge in [-0.2, -0.15) is 0 Å². The van der Waals surface area contributed by atoms with Gasteiger partial charge >= 0.3 is 0 Å². The average Bonchev–Trinajstić information content (AvgIpc) is 2.64. The highest BCUT2D eigenvalue weighted by atomic mass is 14.9. The van der Waals surface area contributed by atoms with Crippen LogP contribution in [-0.2, 0) is 0 Å². The number of rotatable bonds is 11. The van der Waals surface area contributed by atoms with Crippen molar-refractivity contribution in [2.45, 2.75) is 32.1 Å². The van der Waals surface area contributed by atoms with E-state index in [4.69, 9.17) is 0 Å². The van der Waals surface area contributed by atoms with Gasteiger partial charge in [0, 0.05) is 12.2 Å². The summed E-state index contributed by atoms with van der Waals surface area (Å²) in [7, 11) is 0. The van der Waals surface area contributed by atoms with Crippen molar-refractivity contribution in [3.8, 4) is 0 Å². The number of benzene rings is 2. The van der Waals surface area contributed by atoms with Gasteiger partial charge in [-0.05, 0) is 55.7 Å². The van der Waals surface area contributed by atoms with Gasteiger partial charge in [-0.1, -0.05) is 66.8 Å². The summed E-state index contributed by atoms with van der Waals surface area (Å²) in [6, 6.07) is 21.0. The van der Waals surface area contributed by atoms with E-state index >= 15 is 0 Å². The summed E-state index contributed by atoms with van der Waals surface area (Å²) in [5, 5.41) is 3.57. The van der Waals surface area contributed by atoms with Crippen LogP contribution in [-0.4, -0.2) is 6.54 Å². The first-order valence-corrected chi connectivity index (χ1v) is 9.00. The lowest BCUT2D eigenvalue weighted by Crippen LogP contribution is -2.14. The SMILES string of the molecule is C=CCCC(CCC/C=C/c1ccccc1)CNc1ccccc1. The van der Waals surface area contributed by atoms with Crippen LogP contribution in [0.5, 0.6) is 0 Å². The van der Waals surface area contributed by atoms with Crippen LogP contribution in [0.4, 0.5) is 5.69 Å². The molecule has 24 heavy (non-hydrogen) atoms. The lowest BCUT2D eigenvalue weighted by Gasteiger charge is -2.17. The number of anilines is 1. The molecule has 2 rings (SSSR count). The molecule has 0 aliphatic heterocycles. The third-order valence-electron chi connectivity index (χ3n) is 4.24. The Bertz CT molecular complexity index is 586. The van der Waals surface area contributed by atoms with Gasteiger partial charge in [0.25, 0.3) is 0 Å². The van der Waals surface area contributed by atoms with Gasteiger partial charge in [-0.3, -0.25) is 0 Å². The van der Waals surface area contributed by atoms with Gasteiger partial charge in [0.15, 0.2) is 0 Å². The van der Waals surface area contributed by atoms with Crippen LogP contribution in [0.3, 0.4) is 0 Å². The minimum atomic E-state index is 0.702. The van der Waals surface area contributed by atoms with Gasteiger partial charge in [0.2, 0.25) is 0 Å². The lowest BCUT2D eigenvalue weighted by atomic mass is 9.96. The molecule has 0 saturated heterocycles. The van der Waals surface area contributed by atoms with E-state index < -0.39 is 0 Å². The van der Waals surface area contributed by atoms with Crippen LogP contribution < -0.4 is 5.32 Å². The monoisotopic (exact) mass is 319 g/mol. The highest BCUT2D eigenvalue weighted by molar-refractivity contribution is 5.48. The second-order valence-electron chi connectivity index (χ2n) is 6.22. The molecule has 0 saturated carbocycles. The summed E-state index contributed by atoms with van der Waals surface area (Å²) >= 11 is 0. The second kappa shape index (κ2) is 11.3. The smallest absolute Gasteiger partial charge is 0.0340 e. The van der Waals surface area contributed by atoms with Crippen molar-refractivity contribution < 1.29 is 0 Å². The molecule has 0 amide bonds. The maximum absolute atomic E-state index is 3.86. The molecule has 1 atom stereocenters. The fourth-order valence-electron chi connectivity index (χ4n) is 2.83. The molecule has 0 aliphatic rings. The van der Waals surface area contributed by atoms with Crippen molar-refractivity contribution in [2.75, 3.05) is 11.9 Å². The number of hydrogen-bond donors (Lipinski definition) is 1. The summed E-state index contributed by atoms with van der Waals surface area (Å²) in [6.45, 7) is 4.90. The van der Waals surface area contributed by atoms with Crippen LogP contribution in [0.2, 0.25) is 0 Å². The topological polar surface area (TPSA) is 12.0 Å². The third kappa shape index (κ3) is 7.32. The molecular formula is C23H29N. The number of unbranched alkanes of at least 4 members (excludes halogenated alkanes) is 1. The van der Waals surface area contributed by atoms with E-state index in [1.165, 1.54) is 30.5 Å². The lowest BCUT2D eigenvalue weighted by molar-refractivity contribution is 0.463. The van der Waals surface area contributed by atoms with Crippen molar-refractivity contribution in [1.82, 2.24) is 0 Å². The number of nitrogens with one attached hydrogen (secondary N) is 1. The Morgan fingerprint density at radius 1 is 0.875 bits per heavy atom. The quantitative estimate of drug-likeness (QED) is 0.365. The fourth-order valence-corrected chi connectivity index (χ4v) is 2.83. The molecule has 126 valence electrons. The van der Waals surface area contributed by atoms with Crippen molar-refractivity contribution in [1.29, 1.82) is 0 Å². The van der Waals surface area contributed by atoms with E-state index in [-0.39, 0.29) is 0 Å². The molecule has 0 fully saturated rings. The molecule has 2 aromatic carbocycles. The molecule has 1 unspecified atom stereocenters. The zero-order chi connectivity index (χ0) is 16.9. The van der Waals surface area contributed by atoms with Crippen molar-refractivity contribution in [3.05, 3.63) is 85.0 Å². The van der Waals surface area contributed by atoms with Crippen LogP contribution >= 0.6 is 0 Å². The Morgan fingerprint density at radius 2 is 1.58 bits per heavy atom. The first-order chi connectivity index (χ1) is 11.9. The Hall–Kier alpha value is -2.28. The minimum absolute atomic E-state index is 0.702. The Kier molecular flexibility index (Phi) is 8.49. The van der Waals surface area contributed by atoms with Crippen molar-refractivity contribution >= 4 is 11.8 Å². The molecule has 1 heteroatoms. The predicted octanol–water partition coefficient (Wildman–Crippen LogP) is 6.56. The molecule has 0 aromatic heterocycles. The number of hydrogen-bond acceptors (Lipinski definition) is 1. The molecule has 0 spiro atoms. The van der Waals surface area contributed by atoms with Gasteiger partial charge in [0.1, 0.15) is 0 Å². The van der Waals surface area contributed by atoms with E-state index in [9.17, 15) is 0 Å². The van der Waals surface area contributed by atoms with Crippen LogP contribution in [0.1, 0.15) is 37.7 Å². The highest BCUT2D eigenvalue weighted by Crippen LogP contribution is 2.17.